The van der Waals surface area contributed by atoms with Crippen molar-refractivity contribution in [1.29, 1.82) is 0 Å². The van der Waals surface area contributed by atoms with E-state index < -0.39 is 9.84 Å². The van der Waals surface area contributed by atoms with E-state index in [9.17, 15) is 8.42 Å². The molecule has 0 bridgehead atoms. The normalized spacial score (nSPS) is 8.00. The van der Waals surface area contributed by atoms with Gasteiger partial charge in [-0.05, 0) is 0 Å². The summed E-state index contributed by atoms with van der Waals surface area (Å²) in [6.07, 6.45) is 0. The molecule has 0 fully saturated rings. The minimum atomic E-state index is -3.13. The quantitative estimate of drug-likeness (QED) is 0.513. The first-order valence-corrected chi connectivity index (χ1v) is 3.23. The van der Waals surface area contributed by atoms with Crippen LogP contribution in [0.15, 0.2) is 24.0 Å². The number of hydrogen-bond acceptors (Lipinski definition) is 2. The summed E-state index contributed by atoms with van der Waals surface area (Å²) >= 11 is 0. The van der Waals surface area contributed by atoms with Crippen molar-refractivity contribution in [2.24, 2.45) is 0 Å². The Labute approximate surface area is 99.9 Å². The molecule has 0 rings (SSSR count). The van der Waals surface area contributed by atoms with Crippen molar-refractivity contribution in [1.82, 2.24) is 0 Å². The Morgan fingerprint density at radius 2 is 1.22 bits per heavy atom. The molecule has 0 aromatic rings. The average molecular weight is 166 g/mol. The summed E-state index contributed by atoms with van der Waals surface area (Å²) in [6, 6.07) is 0. The van der Waals surface area contributed by atoms with E-state index in [0.29, 0.717) is 0 Å². The van der Waals surface area contributed by atoms with Crippen LogP contribution in [0.1, 0.15) is 0 Å². The van der Waals surface area contributed by atoms with Crippen LogP contribution in [0.4, 0.5) is 0 Å². The third-order valence-electron chi connectivity index (χ3n) is 0.465. The molecule has 2 nitrogen and oxygen atoms in total. The monoisotopic (exact) mass is 166 g/mol. The summed E-state index contributed by atoms with van der Waals surface area (Å²) in [7, 11) is -3.13. The molecule has 0 unspecified atom stereocenters. The first-order chi connectivity index (χ1) is 3.12. The molecule has 44 valence electrons. The second kappa shape index (κ2) is 7.54. The molecule has 0 amide bonds. The summed E-state index contributed by atoms with van der Waals surface area (Å²) in [5, 5.41) is 1.69. The van der Waals surface area contributed by atoms with Crippen molar-refractivity contribution in [2.75, 3.05) is 0 Å². The van der Waals surface area contributed by atoms with Gasteiger partial charge in [-0.25, -0.2) is 8.42 Å². The van der Waals surface area contributed by atoms with Gasteiger partial charge in [-0.15, -0.1) is 0 Å². The molecule has 0 saturated carbocycles. The summed E-state index contributed by atoms with van der Waals surface area (Å²) in [5.74, 6) is 0. The Balaban J connectivity index is -0.000000180. The van der Waals surface area contributed by atoms with Crippen LogP contribution in [0, 0.1) is 0 Å². The topological polar surface area (TPSA) is 34.1 Å². The fourth-order valence-electron chi connectivity index (χ4n) is 0.0680. The van der Waals surface area contributed by atoms with Crippen LogP contribution in [-0.2, 0) is 9.84 Å². The van der Waals surface area contributed by atoms with Crippen LogP contribution in [0.3, 0.4) is 0 Å². The third-order valence-corrected chi connectivity index (χ3v) is 1.39. The predicted octanol–water partition coefficient (Wildman–Crippen LogP) is -0.609. The van der Waals surface area contributed by atoms with Gasteiger partial charge in [-0.1, -0.05) is 13.2 Å². The molecule has 0 aromatic carbocycles. The van der Waals surface area contributed by atoms with Crippen LogP contribution >= 0.6 is 0 Å². The summed E-state index contributed by atoms with van der Waals surface area (Å²) < 4.78 is 20.3. The van der Waals surface area contributed by atoms with E-state index in [1.807, 2.05) is 0 Å². The molecule has 0 atom stereocenters. The van der Waals surface area contributed by atoms with E-state index in [0.717, 1.165) is 10.8 Å². The van der Waals surface area contributed by atoms with Gasteiger partial charge in [0.15, 0.2) is 9.84 Å². The summed E-state index contributed by atoms with van der Waals surface area (Å²) in [6.45, 7) is 6.09. The van der Waals surface area contributed by atoms with E-state index in [1.54, 1.807) is 0 Å². The van der Waals surface area contributed by atoms with Crippen LogP contribution in [0.2, 0.25) is 0 Å². The molecule has 0 aliphatic heterocycles. The zero-order valence-corrected chi connectivity index (χ0v) is 4.61. The van der Waals surface area contributed by atoms with Gasteiger partial charge in [0.1, 0.15) is 0 Å². The standard InChI is InChI=1S/C4H6O2S.2Na.2H/c1-3-7(5,6)4-2;;;;/h3-4H,1-2H2;;;;. The van der Waals surface area contributed by atoms with Crippen molar-refractivity contribution in [3.63, 3.8) is 0 Å². The second-order valence-electron chi connectivity index (χ2n) is 0.922. The molecule has 5 heteroatoms. The molecule has 0 heterocycles. The molecular weight excluding hydrogens is 158 g/mol. The SMILES string of the molecule is C=CS(=O)(=O)C=C.[NaH].[NaH]. The van der Waals surface area contributed by atoms with E-state index >= 15 is 0 Å². The molecule has 0 spiro atoms. The van der Waals surface area contributed by atoms with Crippen molar-refractivity contribution >= 4 is 69.0 Å². The van der Waals surface area contributed by atoms with Gasteiger partial charge < -0.3 is 0 Å². The van der Waals surface area contributed by atoms with Crippen LogP contribution in [0.25, 0.3) is 0 Å². The maximum absolute atomic E-state index is 10.1. The maximum atomic E-state index is 10.1. The summed E-state index contributed by atoms with van der Waals surface area (Å²) in [4.78, 5) is 0. The number of hydrogen-bond donors (Lipinski definition) is 0. The predicted molar refractivity (Wildman–Crippen MR) is 43.6 cm³/mol. The average Bonchev–Trinajstić information content (AvgIpc) is 1.68. The Kier molecular flexibility index (Phi) is 14.1. The molecule has 9 heavy (non-hydrogen) atoms. The van der Waals surface area contributed by atoms with E-state index in [1.165, 1.54) is 0 Å². The van der Waals surface area contributed by atoms with Gasteiger partial charge in [0.05, 0.1) is 0 Å². The van der Waals surface area contributed by atoms with Gasteiger partial charge in [0.25, 0.3) is 0 Å². The van der Waals surface area contributed by atoms with Crippen molar-refractivity contribution in [2.45, 2.75) is 0 Å². The van der Waals surface area contributed by atoms with Crippen molar-refractivity contribution in [3.05, 3.63) is 24.0 Å². The molecule has 0 aromatic heterocycles. The van der Waals surface area contributed by atoms with Gasteiger partial charge >= 0.3 is 59.1 Å². The van der Waals surface area contributed by atoms with Crippen LogP contribution in [0.5, 0.6) is 0 Å². The van der Waals surface area contributed by atoms with Gasteiger partial charge in [0, 0.05) is 10.8 Å². The third kappa shape index (κ3) is 9.43. The Morgan fingerprint density at radius 3 is 1.22 bits per heavy atom. The van der Waals surface area contributed by atoms with Crippen molar-refractivity contribution in [3.8, 4) is 0 Å². The molecular formula is C4H8Na2O2S. The number of sulfone groups is 1. The Morgan fingerprint density at radius 1 is 1.00 bits per heavy atom. The van der Waals surface area contributed by atoms with Crippen LogP contribution in [-0.4, -0.2) is 67.5 Å². The second-order valence-corrected chi connectivity index (χ2v) is 2.77. The van der Waals surface area contributed by atoms with Crippen LogP contribution < -0.4 is 0 Å². The molecule has 0 aliphatic carbocycles. The minimum absolute atomic E-state index is 0. The van der Waals surface area contributed by atoms with Crippen molar-refractivity contribution < 1.29 is 8.42 Å². The Hall–Kier alpha value is 1.43. The van der Waals surface area contributed by atoms with E-state index in [4.69, 9.17) is 0 Å². The fourth-order valence-corrected chi connectivity index (χ4v) is 0.204. The van der Waals surface area contributed by atoms with Gasteiger partial charge in [-0.2, -0.15) is 0 Å². The summed E-state index contributed by atoms with van der Waals surface area (Å²) in [5.41, 5.74) is 0. The van der Waals surface area contributed by atoms with E-state index in [2.05, 4.69) is 13.2 Å². The molecule has 0 aliphatic rings. The first-order valence-electron chi connectivity index (χ1n) is 1.62. The zero-order chi connectivity index (χ0) is 5.91. The Bertz CT molecular complexity index is 157. The first kappa shape index (κ1) is 16.8. The molecule has 0 saturated heterocycles. The molecule has 0 N–H and O–H groups in total. The van der Waals surface area contributed by atoms with Gasteiger partial charge in [-0.3, -0.25) is 0 Å². The molecule has 0 radical (unpaired) electrons. The number of rotatable bonds is 2. The van der Waals surface area contributed by atoms with E-state index in [-0.39, 0.29) is 59.1 Å². The zero-order valence-electron chi connectivity index (χ0n) is 3.79. The van der Waals surface area contributed by atoms with Gasteiger partial charge in [0.2, 0.25) is 0 Å². The fraction of sp³-hybridized carbons (Fsp3) is 0.